The summed E-state index contributed by atoms with van der Waals surface area (Å²) in [5, 5.41) is 0. The predicted octanol–water partition coefficient (Wildman–Crippen LogP) is 2.54. The molecule has 0 atom stereocenters. The van der Waals surface area contributed by atoms with E-state index in [1.165, 1.54) is 16.7 Å². The van der Waals surface area contributed by atoms with E-state index in [0.29, 0.717) is 12.5 Å². The van der Waals surface area contributed by atoms with Crippen molar-refractivity contribution in [2.75, 3.05) is 0 Å². The fourth-order valence-corrected chi connectivity index (χ4v) is 2.05. The number of hydrogen-bond acceptors (Lipinski definition) is 2. The van der Waals surface area contributed by atoms with Gasteiger partial charge in [-0.15, -0.1) is 0 Å². The first-order valence-corrected chi connectivity index (χ1v) is 4.75. The zero-order chi connectivity index (χ0) is 9.42. The van der Waals surface area contributed by atoms with Gasteiger partial charge >= 0.3 is 0 Å². The van der Waals surface area contributed by atoms with E-state index in [2.05, 4.69) is 25.8 Å². The van der Waals surface area contributed by atoms with Crippen LogP contribution >= 0.6 is 0 Å². The second kappa shape index (κ2) is 3.11. The molecular weight excluding hydrogens is 162 g/mol. The minimum atomic E-state index is 0.568. The van der Waals surface area contributed by atoms with Crippen LogP contribution in [-0.4, -0.2) is 4.98 Å². The molecule has 1 aliphatic heterocycles. The Balaban J connectivity index is 2.58. The van der Waals surface area contributed by atoms with Gasteiger partial charge in [0.15, 0.2) is 0 Å². The molecule has 2 heterocycles. The lowest BCUT2D eigenvalue weighted by Crippen LogP contribution is -2.01. The lowest BCUT2D eigenvalue weighted by Gasteiger charge is -2.13. The van der Waals surface area contributed by atoms with Crippen LogP contribution in [0.1, 0.15) is 42.1 Å². The van der Waals surface area contributed by atoms with Gasteiger partial charge in [0.05, 0.1) is 18.9 Å². The highest BCUT2D eigenvalue weighted by molar-refractivity contribution is 5.38. The minimum Gasteiger partial charge on any atom is -0.370 e. The molecule has 2 heteroatoms. The smallest absolute Gasteiger partial charge is 0.0896 e. The molecule has 0 fully saturated rings. The molecule has 0 bridgehead atoms. The van der Waals surface area contributed by atoms with Crippen molar-refractivity contribution >= 4 is 0 Å². The molecule has 2 rings (SSSR count). The van der Waals surface area contributed by atoms with Crippen molar-refractivity contribution in [2.24, 2.45) is 0 Å². The molecule has 0 aromatic carbocycles. The van der Waals surface area contributed by atoms with Gasteiger partial charge < -0.3 is 4.74 Å². The summed E-state index contributed by atoms with van der Waals surface area (Å²) < 4.78 is 5.40. The third-order valence-corrected chi connectivity index (χ3v) is 2.57. The molecule has 0 spiro atoms. The maximum atomic E-state index is 5.40. The van der Waals surface area contributed by atoms with Gasteiger partial charge in [-0.2, -0.15) is 0 Å². The Labute approximate surface area is 78.9 Å². The summed E-state index contributed by atoms with van der Waals surface area (Å²) in [6.45, 7) is 8.01. The fraction of sp³-hybridized carbons (Fsp3) is 0.545. The van der Waals surface area contributed by atoms with Crippen LogP contribution in [0.5, 0.6) is 0 Å². The van der Waals surface area contributed by atoms with E-state index >= 15 is 0 Å². The molecule has 1 aromatic heterocycles. The maximum Gasteiger partial charge on any atom is 0.0896 e. The lowest BCUT2D eigenvalue weighted by atomic mass is 9.94. The SMILES string of the molecule is Cc1cnc2c(c1C(C)C)COC2. The van der Waals surface area contributed by atoms with Crippen LogP contribution in [0.25, 0.3) is 0 Å². The van der Waals surface area contributed by atoms with Crippen LogP contribution < -0.4 is 0 Å². The van der Waals surface area contributed by atoms with Gasteiger partial charge in [-0.3, -0.25) is 4.98 Å². The number of pyridine rings is 1. The topological polar surface area (TPSA) is 22.1 Å². The molecule has 0 radical (unpaired) electrons. The number of fused-ring (bicyclic) bond motifs is 1. The molecule has 70 valence electrons. The van der Waals surface area contributed by atoms with Gasteiger partial charge in [-0.1, -0.05) is 13.8 Å². The highest BCUT2D eigenvalue weighted by Crippen LogP contribution is 2.29. The van der Waals surface area contributed by atoms with E-state index < -0.39 is 0 Å². The van der Waals surface area contributed by atoms with Crippen LogP contribution in [0.15, 0.2) is 6.20 Å². The van der Waals surface area contributed by atoms with Crippen molar-refractivity contribution in [1.29, 1.82) is 0 Å². The summed E-state index contributed by atoms with van der Waals surface area (Å²) in [6.07, 6.45) is 1.96. The number of nitrogens with zero attached hydrogens (tertiary/aromatic N) is 1. The first-order chi connectivity index (χ1) is 6.20. The first kappa shape index (κ1) is 8.70. The highest BCUT2D eigenvalue weighted by atomic mass is 16.5. The van der Waals surface area contributed by atoms with Gasteiger partial charge in [-0.05, 0) is 24.0 Å². The molecule has 0 saturated carbocycles. The largest absolute Gasteiger partial charge is 0.370 e. The Kier molecular flexibility index (Phi) is 2.08. The van der Waals surface area contributed by atoms with E-state index in [0.717, 1.165) is 12.3 Å². The van der Waals surface area contributed by atoms with Crippen molar-refractivity contribution < 1.29 is 4.74 Å². The molecule has 1 aliphatic rings. The van der Waals surface area contributed by atoms with Crippen molar-refractivity contribution in [2.45, 2.75) is 39.9 Å². The summed E-state index contributed by atoms with van der Waals surface area (Å²) >= 11 is 0. The number of rotatable bonds is 1. The van der Waals surface area contributed by atoms with Crippen molar-refractivity contribution in [3.8, 4) is 0 Å². The van der Waals surface area contributed by atoms with Crippen LogP contribution in [0.4, 0.5) is 0 Å². The summed E-state index contributed by atoms with van der Waals surface area (Å²) in [7, 11) is 0. The van der Waals surface area contributed by atoms with Gasteiger partial charge in [0.25, 0.3) is 0 Å². The summed E-state index contributed by atoms with van der Waals surface area (Å²) in [5.74, 6) is 0.568. The Hall–Kier alpha value is -0.890. The molecular formula is C11H15NO. The summed E-state index contributed by atoms with van der Waals surface area (Å²) in [6, 6.07) is 0. The second-order valence-electron chi connectivity index (χ2n) is 3.93. The number of hydrogen-bond donors (Lipinski definition) is 0. The molecule has 0 amide bonds. The second-order valence-corrected chi connectivity index (χ2v) is 3.93. The Bertz CT molecular complexity index is 331. The lowest BCUT2D eigenvalue weighted by molar-refractivity contribution is 0.133. The van der Waals surface area contributed by atoms with Crippen LogP contribution in [0.2, 0.25) is 0 Å². The quantitative estimate of drug-likeness (QED) is 0.657. The van der Waals surface area contributed by atoms with E-state index in [4.69, 9.17) is 4.74 Å². The average molecular weight is 177 g/mol. The Morgan fingerprint density at radius 1 is 1.38 bits per heavy atom. The predicted molar refractivity (Wildman–Crippen MR) is 51.6 cm³/mol. The van der Waals surface area contributed by atoms with Crippen molar-refractivity contribution in [3.63, 3.8) is 0 Å². The first-order valence-electron chi connectivity index (χ1n) is 4.75. The Morgan fingerprint density at radius 2 is 2.15 bits per heavy atom. The fourth-order valence-electron chi connectivity index (χ4n) is 2.05. The zero-order valence-corrected chi connectivity index (χ0v) is 8.42. The number of ether oxygens (including phenoxy) is 1. The Morgan fingerprint density at radius 3 is 2.85 bits per heavy atom. The van der Waals surface area contributed by atoms with Gasteiger partial charge in [-0.25, -0.2) is 0 Å². The molecule has 2 nitrogen and oxygen atoms in total. The van der Waals surface area contributed by atoms with E-state index in [1.54, 1.807) is 0 Å². The molecule has 0 saturated heterocycles. The molecule has 0 N–H and O–H groups in total. The van der Waals surface area contributed by atoms with E-state index in [9.17, 15) is 0 Å². The molecule has 13 heavy (non-hydrogen) atoms. The third kappa shape index (κ3) is 1.35. The average Bonchev–Trinajstić information content (AvgIpc) is 2.50. The van der Waals surface area contributed by atoms with Crippen LogP contribution in [0.3, 0.4) is 0 Å². The normalized spacial score (nSPS) is 15.1. The van der Waals surface area contributed by atoms with Gasteiger partial charge in [0.1, 0.15) is 0 Å². The maximum absolute atomic E-state index is 5.40. The van der Waals surface area contributed by atoms with Gasteiger partial charge in [0.2, 0.25) is 0 Å². The van der Waals surface area contributed by atoms with Gasteiger partial charge in [0, 0.05) is 11.8 Å². The standard InChI is InChI=1S/C11H15NO/c1-7(2)11-8(3)4-12-10-6-13-5-9(10)11/h4,7H,5-6H2,1-3H3. The number of aryl methyl sites for hydroxylation is 1. The summed E-state index contributed by atoms with van der Waals surface area (Å²) in [5.41, 5.74) is 5.19. The molecule has 0 aliphatic carbocycles. The number of aromatic nitrogens is 1. The summed E-state index contributed by atoms with van der Waals surface area (Å²) in [4.78, 5) is 4.38. The molecule has 0 unspecified atom stereocenters. The van der Waals surface area contributed by atoms with E-state index in [1.807, 2.05) is 6.20 Å². The van der Waals surface area contributed by atoms with Crippen molar-refractivity contribution in [1.82, 2.24) is 4.98 Å². The van der Waals surface area contributed by atoms with E-state index in [-0.39, 0.29) is 0 Å². The monoisotopic (exact) mass is 177 g/mol. The zero-order valence-electron chi connectivity index (χ0n) is 8.42. The van der Waals surface area contributed by atoms with Crippen LogP contribution in [0, 0.1) is 6.92 Å². The van der Waals surface area contributed by atoms with Crippen molar-refractivity contribution in [3.05, 3.63) is 28.6 Å². The minimum absolute atomic E-state index is 0.568. The molecule has 1 aromatic rings. The third-order valence-electron chi connectivity index (χ3n) is 2.57. The highest BCUT2D eigenvalue weighted by Gasteiger charge is 2.19. The van der Waals surface area contributed by atoms with Crippen LogP contribution in [-0.2, 0) is 18.0 Å².